The average Bonchev–Trinajstić information content (AvgIpc) is 2.35. The molecule has 0 saturated carbocycles. The Morgan fingerprint density at radius 1 is 1.19 bits per heavy atom. The molecule has 0 fully saturated rings. The van der Waals surface area contributed by atoms with Crippen molar-refractivity contribution in [3.63, 3.8) is 0 Å². The van der Waals surface area contributed by atoms with Gasteiger partial charge in [-0.25, -0.2) is 0 Å². The van der Waals surface area contributed by atoms with Crippen molar-refractivity contribution in [1.82, 2.24) is 0 Å². The summed E-state index contributed by atoms with van der Waals surface area (Å²) in [5.74, 6) is 0. The van der Waals surface area contributed by atoms with Gasteiger partial charge in [-0.15, -0.1) is 0 Å². The van der Waals surface area contributed by atoms with E-state index in [0.717, 1.165) is 11.3 Å². The summed E-state index contributed by atoms with van der Waals surface area (Å²) in [6, 6.07) is 14.6. The number of rotatable bonds is 3. The van der Waals surface area contributed by atoms with Gasteiger partial charge >= 0.3 is 0 Å². The van der Waals surface area contributed by atoms with Crippen LogP contribution in [0.1, 0.15) is 12.5 Å². The third-order valence-corrected chi connectivity index (χ3v) is 2.59. The van der Waals surface area contributed by atoms with E-state index in [1.807, 2.05) is 19.1 Å². The summed E-state index contributed by atoms with van der Waals surface area (Å²) < 4.78 is 0. The van der Waals surface area contributed by atoms with Crippen molar-refractivity contribution < 1.29 is 4.84 Å². The first-order valence-corrected chi connectivity index (χ1v) is 5.98. The Labute approximate surface area is 97.5 Å². The average molecular weight is 231 g/mol. The van der Waals surface area contributed by atoms with Crippen LogP contribution in [0.2, 0.25) is 0 Å². The Balaban J connectivity index is 2.39. The Bertz CT molecular complexity index is 522. The zero-order valence-corrected chi connectivity index (χ0v) is 10.3. The van der Waals surface area contributed by atoms with E-state index in [1.165, 1.54) is 10.8 Å². The van der Waals surface area contributed by atoms with Crippen molar-refractivity contribution in [2.24, 2.45) is 5.16 Å². The van der Waals surface area contributed by atoms with Gasteiger partial charge in [-0.3, -0.25) is 0 Å². The van der Waals surface area contributed by atoms with Gasteiger partial charge in [0.05, 0.1) is 5.71 Å². The fraction of sp³-hybridized carbons (Fsp3) is 0.154. The van der Waals surface area contributed by atoms with E-state index in [1.54, 1.807) is 0 Å². The second kappa shape index (κ2) is 5.09. The smallest absolute Gasteiger partial charge is 0.129 e. The quantitative estimate of drug-likeness (QED) is 0.450. The lowest BCUT2D eigenvalue weighted by Crippen LogP contribution is -1.95. The van der Waals surface area contributed by atoms with E-state index >= 15 is 0 Å². The number of oxime groups is 1. The van der Waals surface area contributed by atoms with Gasteiger partial charge in [0, 0.05) is 0 Å². The van der Waals surface area contributed by atoms with Gasteiger partial charge in [-0.05, 0) is 29.3 Å². The van der Waals surface area contributed by atoms with E-state index < -0.39 is 0 Å². The maximum absolute atomic E-state index is 5.01. The van der Waals surface area contributed by atoms with Crippen LogP contribution < -0.4 is 0 Å². The Morgan fingerprint density at radius 2 is 1.94 bits per heavy atom. The molecule has 0 bridgehead atoms. The molecule has 0 spiro atoms. The summed E-state index contributed by atoms with van der Waals surface area (Å²) in [5, 5.41) is 6.48. The van der Waals surface area contributed by atoms with E-state index in [-0.39, 0.29) is 0 Å². The second-order valence-electron chi connectivity index (χ2n) is 3.53. The summed E-state index contributed by atoms with van der Waals surface area (Å²) in [4.78, 5) is 5.01. The molecule has 0 aliphatic carbocycles. The zero-order chi connectivity index (χ0) is 11.4. The lowest BCUT2D eigenvalue weighted by Gasteiger charge is -2.03. The van der Waals surface area contributed by atoms with Crippen molar-refractivity contribution in [3.8, 4) is 0 Å². The third-order valence-electron chi connectivity index (χ3n) is 2.44. The standard InChI is InChI=1S/C13H14NOP/c1-10(14-15-9-16)12-7-6-11-4-2-3-5-13(11)8-12/h2-8H,9,16H2,1H3/b14-10+. The highest BCUT2D eigenvalue weighted by atomic mass is 31.0. The van der Waals surface area contributed by atoms with Crippen LogP contribution in [0, 0.1) is 0 Å². The Kier molecular flexibility index (Phi) is 3.53. The van der Waals surface area contributed by atoms with Gasteiger partial charge in [-0.1, -0.05) is 50.8 Å². The molecular weight excluding hydrogens is 217 g/mol. The molecule has 0 heterocycles. The molecule has 1 atom stereocenters. The molecule has 2 aromatic rings. The minimum atomic E-state index is 0.519. The number of fused-ring (bicyclic) bond motifs is 1. The van der Waals surface area contributed by atoms with Crippen LogP contribution in [0.4, 0.5) is 0 Å². The van der Waals surface area contributed by atoms with Crippen molar-refractivity contribution in [1.29, 1.82) is 0 Å². The van der Waals surface area contributed by atoms with Gasteiger partial charge in [-0.2, -0.15) is 0 Å². The van der Waals surface area contributed by atoms with E-state index in [9.17, 15) is 0 Å². The summed E-state index contributed by atoms with van der Waals surface area (Å²) in [7, 11) is 2.48. The molecule has 2 nitrogen and oxygen atoms in total. The Morgan fingerprint density at radius 3 is 2.69 bits per heavy atom. The van der Waals surface area contributed by atoms with Gasteiger partial charge < -0.3 is 4.84 Å². The fourth-order valence-corrected chi connectivity index (χ4v) is 1.68. The highest BCUT2D eigenvalue weighted by Crippen LogP contribution is 2.16. The van der Waals surface area contributed by atoms with E-state index in [2.05, 4.69) is 44.7 Å². The minimum absolute atomic E-state index is 0.519. The predicted octanol–water partition coefficient (Wildman–Crippen LogP) is 3.41. The van der Waals surface area contributed by atoms with Crippen molar-refractivity contribution in [2.45, 2.75) is 6.92 Å². The summed E-state index contributed by atoms with van der Waals surface area (Å²) in [6.45, 7) is 1.95. The molecule has 16 heavy (non-hydrogen) atoms. The number of hydrogen-bond donors (Lipinski definition) is 0. The zero-order valence-electron chi connectivity index (χ0n) is 9.18. The van der Waals surface area contributed by atoms with Crippen LogP contribution in [0.25, 0.3) is 10.8 Å². The second-order valence-corrected chi connectivity index (χ2v) is 3.87. The molecule has 82 valence electrons. The molecule has 0 saturated heterocycles. The topological polar surface area (TPSA) is 21.6 Å². The molecule has 1 unspecified atom stereocenters. The largest absolute Gasteiger partial charge is 0.392 e. The molecule has 0 aliphatic rings. The van der Waals surface area contributed by atoms with Gasteiger partial charge in [0.15, 0.2) is 0 Å². The van der Waals surface area contributed by atoms with Crippen molar-refractivity contribution in [2.75, 3.05) is 6.35 Å². The molecule has 0 N–H and O–H groups in total. The van der Waals surface area contributed by atoms with E-state index in [4.69, 9.17) is 4.84 Å². The molecule has 0 radical (unpaired) electrons. The van der Waals surface area contributed by atoms with Crippen LogP contribution in [-0.2, 0) is 4.84 Å². The normalized spacial score (nSPS) is 11.8. The molecule has 0 aromatic heterocycles. The van der Waals surface area contributed by atoms with E-state index in [0.29, 0.717) is 6.35 Å². The lowest BCUT2D eigenvalue weighted by molar-refractivity contribution is 0.196. The van der Waals surface area contributed by atoms with Crippen molar-refractivity contribution >= 4 is 25.7 Å². The maximum atomic E-state index is 5.01. The van der Waals surface area contributed by atoms with Crippen LogP contribution in [0.5, 0.6) is 0 Å². The molecule has 3 heteroatoms. The predicted molar refractivity (Wildman–Crippen MR) is 71.8 cm³/mol. The van der Waals surface area contributed by atoms with Gasteiger partial charge in [0.25, 0.3) is 0 Å². The SMILES string of the molecule is C/C(=N\OCP)c1ccc2ccccc2c1. The number of hydrogen-bond acceptors (Lipinski definition) is 2. The maximum Gasteiger partial charge on any atom is 0.129 e. The molecule has 0 aliphatic heterocycles. The minimum Gasteiger partial charge on any atom is -0.392 e. The van der Waals surface area contributed by atoms with Crippen LogP contribution in [0.15, 0.2) is 47.6 Å². The highest BCUT2D eigenvalue weighted by molar-refractivity contribution is 7.16. The van der Waals surface area contributed by atoms with Gasteiger partial charge in [0.2, 0.25) is 0 Å². The molecule has 2 aromatic carbocycles. The first-order valence-electron chi connectivity index (χ1n) is 5.17. The Hall–Kier alpha value is -1.40. The summed E-state index contributed by atoms with van der Waals surface area (Å²) in [6.07, 6.45) is 0.519. The third kappa shape index (κ3) is 2.40. The van der Waals surface area contributed by atoms with Crippen molar-refractivity contribution in [3.05, 3.63) is 48.0 Å². The molecular formula is C13H14NOP. The fourth-order valence-electron chi connectivity index (χ4n) is 1.60. The van der Waals surface area contributed by atoms with Crippen LogP contribution in [-0.4, -0.2) is 12.1 Å². The lowest BCUT2D eigenvalue weighted by atomic mass is 10.0. The first kappa shape index (κ1) is 11.1. The summed E-state index contributed by atoms with van der Waals surface area (Å²) >= 11 is 0. The highest BCUT2D eigenvalue weighted by Gasteiger charge is 1.99. The van der Waals surface area contributed by atoms with Crippen LogP contribution >= 0.6 is 9.24 Å². The summed E-state index contributed by atoms with van der Waals surface area (Å²) in [5.41, 5.74) is 1.99. The van der Waals surface area contributed by atoms with Gasteiger partial charge in [0.1, 0.15) is 6.35 Å². The van der Waals surface area contributed by atoms with Crippen LogP contribution in [0.3, 0.4) is 0 Å². The molecule has 0 amide bonds. The molecule has 2 rings (SSSR count). The number of benzene rings is 2. The first-order chi connectivity index (χ1) is 7.81. The number of nitrogens with zero attached hydrogens (tertiary/aromatic N) is 1. The monoisotopic (exact) mass is 231 g/mol.